The highest BCUT2D eigenvalue weighted by molar-refractivity contribution is 5.54. The van der Waals surface area contributed by atoms with Gasteiger partial charge in [-0.05, 0) is 37.4 Å². The molecule has 2 saturated heterocycles. The number of benzene rings is 1. The molecule has 2 fully saturated rings. The highest BCUT2D eigenvalue weighted by atomic mass is 16.5. The molecule has 19 heavy (non-hydrogen) atoms. The average molecular weight is 260 g/mol. The number of para-hydroxylation sites is 1. The Labute approximate surface area is 115 Å². The maximum atomic E-state index is 5.93. The van der Waals surface area contributed by atoms with Crippen molar-refractivity contribution in [2.75, 3.05) is 24.5 Å². The summed E-state index contributed by atoms with van der Waals surface area (Å²) < 4.78 is 5.93. The van der Waals surface area contributed by atoms with Gasteiger partial charge in [-0.25, -0.2) is 0 Å². The molecule has 2 heterocycles. The largest absolute Gasteiger partial charge is 0.371 e. The summed E-state index contributed by atoms with van der Waals surface area (Å²) in [6.45, 7) is 6.38. The van der Waals surface area contributed by atoms with Crippen molar-refractivity contribution in [3.63, 3.8) is 0 Å². The summed E-state index contributed by atoms with van der Waals surface area (Å²) >= 11 is 0. The molecule has 104 valence electrons. The number of anilines is 1. The first kappa shape index (κ1) is 12.9. The van der Waals surface area contributed by atoms with Gasteiger partial charge in [0.1, 0.15) is 0 Å². The van der Waals surface area contributed by atoms with Crippen molar-refractivity contribution >= 4 is 5.69 Å². The number of fused-ring (bicyclic) bond motifs is 2. The molecule has 0 aliphatic carbocycles. The topological polar surface area (TPSA) is 24.5 Å². The van der Waals surface area contributed by atoms with E-state index in [2.05, 4.69) is 41.4 Å². The van der Waals surface area contributed by atoms with E-state index in [1.807, 2.05) is 0 Å². The number of nitrogens with one attached hydrogen (secondary N) is 1. The molecular weight excluding hydrogens is 236 g/mol. The van der Waals surface area contributed by atoms with Crippen molar-refractivity contribution in [3.05, 3.63) is 29.8 Å². The van der Waals surface area contributed by atoms with Gasteiger partial charge in [0.25, 0.3) is 0 Å². The maximum absolute atomic E-state index is 5.93. The van der Waals surface area contributed by atoms with Gasteiger partial charge in [0.05, 0.1) is 12.2 Å². The number of hydrogen-bond donors (Lipinski definition) is 1. The maximum Gasteiger partial charge on any atom is 0.0755 e. The first-order chi connectivity index (χ1) is 9.36. The molecule has 1 aromatic rings. The monoisotopic (exact) mass is 260 g/mol. The van der Waals surface area contributed by atoms with Gasteiger partial charge in [-0.15, -0.1) is 0 Å². The Morgan fingerprint density at radius 1 is 1.21 bits per heavy atom. The molecule has 0 amide bonds. The highest BCUT2D eigenvalue weighted by Crippen LogP contribution is 2.31. The van der Waals surface area contributed by atoms with Crippen molar-refractivity contribution in [2.45, 2.75) is 44.9 Å². The predicted molar refractivity (Wildman–Crippen MR) is 78.5 cm³/mol. The number of morpholine rings is 1. The van der Waals surface area contributed by atoms with Crippen LogP contribution in [0.15, 0.2) is 24.3 Å². The van der Waals surface area contributed by atoms with E-state index in [0.717, 1.165) is 26.2 Å². The molecular formula is C16H24N2O. The summed E-state index contributed by atoms with van der Waals surface area (Å²) in [4.78, 5) is 2.52. The van der Waals surface area contributed by atoms with Gasteiger partial charge in [-0.1, -0.05) is 25.1 Å². The summed E-state index contributed by atoms with van der Waals surface area (Å²) in [6.07, 6.45) is 4.56. The highest BCUT2D eigenvalue weighted by Gasteiger charge is 2.34. The zero-order valence-corrected chi connectivity index (χ0v) is 11.8. The lowest BCUT2D eigenvalue weighted by Gasteiger charge is -2.35. The van der Waals surface area contributed by atoms with E-state index < -0.39 is 0 Å². The summed E-state index contributed by atoms with van der Waals surface area (Å²) in [6, 6.07) is 8.79. The first-order valence-corrected chi connectivity index (χ1v) is 7.56. The minimum atomic E-state index is 0.454. The SMILES string of the molecule is CCCNCc1ccccc1N1CC2CCC(C1)O2. The third-order valence-corrected chi connectivity index (χ3v) is 4.12. The summed E-state index contributed by atoms with van der Waals surface area (Å²) in [5.41, 5.74) is 2.81. The van der Waals surface area contributed by atoms with Gasteiger partial charge in [-0.3, -0.25) is 0 Å². The Morgan fingerprint density at radius 3 is 2.68 bits per heavy atom. The molecule has 2 aliphatic heterocycles. The second-order valence-electron chi connectivity index (χ2n) is 5.67. The van der Waals surface area contributed by atoms with Gasteiger partial charge < -0.3 is 15.0 Å². The van der Waals surface area contributed by atoms with Crippen LogP contribution in [0.3, 0.4) is 0 Å². The van der Waals surface area contributed by atoms with Crippen LogP contribution < -0.4 is 10.2 Å². The van der Waals surface area contributed by atoms with Gasteiger partial charge >= 0.3 is 0 Å². The Balaban J connectivity index is 1.72. The molecule has 0 radical (unpaired) electrons. The van der Waals surface area contributed by atoms with E-state index in [0.29, 0.717) is 12.2 Å². The smallest absolute Gasteiger partial charge is 0.0755 e. The third-order valence-electron chi connectivity index (χ3n) is 4.12. The molecule has 3 rings (SSSR count). The Bertz CT molecular complexity index is 409. The number of hydrogen-bond acceptors (Lipinski definition) is 3. The van der Waals surface area contributed by atoms with Gasteiger partial charge in [-0.2, -0.15) is 0 Å². The fraction of sp³-hybridized carbons (Fsp3) is 0.625. The van der Waals surface area contributed by atoms with E-state index in [9.17, 15) is 0 Å². The van der Waals surface area contributed by atoms with Crippen molar-refractivity contribution in [2.24, 2.45) is 0 Å². The molecule has 2 unspecified atom stereocenters. The fourth-order valence-electron chi connectivity index (χ4n) is 3.18. The van der Waals surface area contributed by atoms with Crippen molar-refractivity contribution in [3.8, 4) is 0 Å². The van der Waals surface area contributed by atoms with Gasteiger partial charge in [0.2, 0.25) is 0 Å². The van der Waals surface area contributed by atoms with Crippen LogP contribution in [0.25, 0.3) is 0 Å². The lowest BCUT2D eigenvalue weighted by Crippen LogP contribution is -2.43. The van der Waals surface area contributed by atoms with E-state index in [4.69, 9.17) is 4.74 Å². The summed E-state index contributed by atoms with van der Waals surface area (Å²) in [5.74, 6) is 0. The number of ether oxygens (including phenoxy) is 1. The normalized spacial score (nSPS) is 25.8. The lowest BCUT2D eigenvalue weighted by atomic mass is 10.1. The second kappa shape index (κ2) is 5.93. The minimum Gasteiger partial charge on any atom is -0.371 e. The number of nitrogens with zero attached hydrogens (tertiary/aromatic N) is 1. The van der Waals surface area contributed by atoms with E-state index >= 15 is 0 Å². The molecule has 0 aromatic heterocycles. The van der Waals surface area contributed by atoms with Crippen molar-refractivity contribution in [1.29, 1.82) is 0 Å². The zero-order valence-electron chi connectivity index (χ0n) is 11.8. The predicted octanol–water partition coefficient (Wildman–Crippen LogP) is 2.55. The van der Waals surface area contributed by atoms with Crippen LogP contribution in [-0.2, 0) is 11.3 Å². The molecule has 1 N–H and O–H groups in total. The summed E-state index contributed by atoms with van der Waals surface area (Å²) in [7, 11) is 0. The van der Waals surface area contributed by atoms with Gasteiger partial charge in [0.15, 0.2) is 0 Å². The molecule has 3 nitrogen and oxygen atoms in total. The Kier molecular flexibility index (Phi) is 4.04. The molecule has 3 heteroatoms. The van der Waals surface area contributed by atoms with E-state index in [1.165, 1.54) is 30.5 Å². The van der Waals surface area contributed by atoms with Crippen LogP contribution in [0.2, 0.25) is 0 Å². The van der Waals surface area contributed by atoms with Crippen LogP contribution in [-0.4, -0.2) is 31.8 Å². The lowest BCUT2D eigenvalue weighted by molar-refractivity contribution is 0.0304. The number of rotatable bonds is 5. The van der Waals surface area contributed by atoms with Crippen LogP contribution >= 0.6 is 0 Å². The van der Waals surface area contributed by atoms with Crippen LogP contribution in [0, 0.1) is 0 Å². The molecule has 2 atom stereocenters. The molecule has 0 saturated carbocycles. The van der Waals surface area contributed by atoms with Crippen LogP contribution in [0.5, 0.6) is 0 Å². The van der Waals surface area contributed by atoms with Crippen LogP contribution in [0.1, 0.15) is 31.7 Å². The van der Waals surface area contributed by atoms with Crippen LogP contribution in [0.4, 0.5) is 5.69 Å². The standard InChI is InChI=1S/C16H24N2O/c1-2-9-17-10-13-5-3-4-6-16(13)18-11-14-7-8-15(12-18)19-14/h3-6,14-15,17H,2,7-12H2,1H3. The average Bonchev–Trinajstić information content (AvgIpc) is 2.78. The fourth-order valence-corrected chi connectivity index (χ4v) is 3.18. The molecule has 0 spiro atoms. The molecule has 2 aliphatic rings. The minimum absolute atomic E-state index is 0.454. The Morgan fingerprint density at radius 2 is 1.95 bits per heavy atom. The summed E-state index contributed by atoms with van der Waals surface area (Å²) in [5, 5.41) is 3.51. The molecule has 1 aromatic carbocycles. The quantitative estimate of drug-likeness (QED) is 0.823. The third kappa shape index (κ3) is 2.93. The second-order valence-corrected chi connectivity index (χ2v) is 5.67. The zero-order chi connectivity index (χ0) is 13.1. The van der Waals surface area contributed by atoms with Crippen molar-refractivity contribution in [1.82, 2.24) is 5.32 Å². The first-order valence-electron chi connectivity index (χ1n) is 7.56. The van der Waals surface area contributed by atoms with E-state index in [1.54, 1.807) is 0 Å². The molecule has 2 bridgehead atoms. The Hall–Kier alpha value is -1.06. The van der Waals surface area contributed by atoms with Crippen molar-refractivity contribution < 1.29 is 4.74 Å². The van der Waals surface area contributed by atoms with Gasteiger partial charge in [0, 0.05) is 25.3 Å². The van der Waals surface area contributed by atoms with E-state index in [-0.39, 0.29) is 0 Å².